The third-order valence-electron chi connectivity index (χ3n) is 5.83. The van der Waals surface area contributed by atoms with Crippen LogP contribution in [0, 0.1) is 11.8 Å². The highest BCUT2D eigenvalue weighted by Gasteiger charge is 2.36. The molecule has 1 aromatic heterocycles. The maximum absolute atomic E-state index is 13.1. The predicted molar refractivity (Wildman–Crippen MR) is 119 cm³/mol. The number of carbonyl (C=O) groups excluding carboxylic acids is 2. The monoisotopic (exact) mass is 426 g/mol. The van der Waals surface area contributed by atoms with Crippen molar-refractivity contribution in [2.24, 2.45) is 11.8 Å². The summed E-state index contributed by atoms with van der Waals surface area (Å²) in [7, 11) is 0. The van der Waals surface area contributed by atoms with Gasteiger partial charge in [0.2, 0.25) is 5.91 Å². The Morgan fingerprint density at radius 3 is 2.26 bits per heavy atom. The van der Waals surface area contributed by atoms with Crippen molar-refractivity contribution >= 4 is 29.2 Å². The molecule has 0 bridgehead atoms. The van der Waals surface area contributed by atoms with Gasteiger partial charge in [0.25, 0.3) is 0 Å². The van der Waals surface area contributed by atoms with Crippen molar-refractivity contribution in [2.75, 3.05) is 10.6 Å². The summed E-state index contributed by atoms with van der Waals surface area (Å²) >= 11 is 0. The summed E-state index contributed by atoms with van der Waals surface area (Å²) in [4.78, 5) is 36.1. The Labute approximate surface area is 182 Å². The minimum absolute atomic E-state index is 0.0101. The second kappa shape index (κ2) is 8.91. The fourth-order valence-electron chi connectivity index (χ4n) is 4.05. The molecule has 166 valence electrons. The largest absolute Gasteiger partial charge is 0.477 e. The summed E-state index contributed by atoms with van der Waals surface area (Å²) in [5, 5.41) is 19.8. The zero-order valence-electron chi connectivity index (χ0n) is 18.4. The van der Waals surface area contributed by atoms with Crippen molar-refractivity contribution in [2.45, 2.75) is 58.9 Å². The average Bonchev–Trinajstić information content (AvgIpc) is 3.11. The number of aromatic nitrogens is 2. The number of nitrogens with one attached hydrogen (secondary N) is 2. The molecule has 0 atom stereocenters. The van der Waals surface area contributed by atoms with Crippen LogP contribution < -0.4 is 10.6 Å². The molecule has 0 unspecified atom stereocenters. The van der Waals surface area contributed by atoms with E-state index in [4.69, 9.17) is 0 Å². The van der Waals surface area contributed by atoms with Crippen LogP contribution in [0.4, 0.5) is 11.5 Å². The van der Waals surface area contributed by atoms with Crippen LogP contribution >= 0.6 is 0 Å². The Bertz CT molecular complexity index is 970. The number of nitrogens with zero attached hydrogens (tertiary/aromatic N) is 2. The molecule has 31 heavy (non-hydrogen) atoms. The smallest absolute Gasteiger partial charge is 0.341 e. The van der Waals surface area contributed by atoms with E-state index in [1.54, 1.807) is 38.1 Å². The normalized spacial score (nSPS) is 19.0. The van der Waals surface area contributed by atoms with Crippen LogP contribution in [0.5, 0.6) is 0 Å². The highest BCUT2D eigenvalue weighted by Crippen LogP contribution is 2.33. The number of aromatic carboxylic acids is 1. The van der Waals surface area contributed by atoms with Crippen molar-refractivity contribution in [1.82, 2.24) is 9.78 Å². The van der Waals surface area contributed by atoms with Gasteiger partial charge < -0.3 is 15.7 Å². The molecule has 0 radical (unpaired) electrons. The zero-order chi connectivity index (χ0) is 22.8. The van der Waals surface area contributed by atoms with Gasteiger partial charge in [-0.1, -0.05) is 19.8 Å². The minimum atomic E-state index is -1.13. The van der Waals surface area contributed by atoms with E-state index in [2.05, 4.69) is 22.7 Å². The van der Waals surface area contributed by atoms with Crippen molar-refractivity contribution in [3.05, 3.63) is 36.0 Å². The number of hydrogen-bond acceptors (Lipinski definition) is 5. The van der Waals surface area contributed by atoms with Crippen LogP contribution in [0.2, 0.25) is 0 Å². The molecular formula is C23H30N4O4. The molecule has 1 aromatic carbocycles. The fraction of sp³-hybridized carbons (Fsp3) is 0.478. The molecule has 0 aliphatic heterocycles. The number of hydrogen-bond donors (Lipinski definition) is 3. The minimum Gasteiger partial charge on any atom is -0.477 e. The van der Waals surface area contributed by atoms with Gasteiger partial charge in [-0.05, 0) is 56.9 Å². The lowest BCUT2D eigenvalue weighted by molar-refractivity contribution is -0.127. The Morgan fingerprint density at radius 2 is 1.71 bits per heavy atom. The number of rotatable bonds is 7. The molecule has 0 spiro atoms. The first kappa shape index (κ1) is 22.5. The molecular weight excluding hydrogens is 396 g/mol. The summed E-state index contributed by atoms with van der Waals surface area (Å²) < 4.78 is 1.45. The number of carboxylic acid groups (broad SMARTS) is 1. The van der Waals surface area contributed by atoms with Crippen LogP contribution in [-0.4, -0.2) is 38.1 Å². The number of ketones is 1. The molecule has 3 rings (SSSR count). The first-order valence-electron chi connectivity index (χ1n) is 10.6. The van der Waals surface area contributed by atoms with E-state index in [9.17, 15) is 19.5 Å². The second-order valence-electron chi connectivity index (χ2n) is 8.94. The average molecular weight is 427 g/mol. The Hall–Kier alpha value is -3.16. The van der Waals surface area contributed by atoms with Crippen LogP contribution in [0.15, 0.2) is 30.5 Å². The van der Waals surface area contributed by atoms with Crippen LogP contribution in [0.25, 0.3) is 5.69 Å². The first-order chi connectivity index (χ1) is 14.6. The summed E-state index contributed by atoms with van der Waals surface area (Å²) in [6.45, 7) is 7.19. The van der Waals surface area contributed by atoms with Gasteiger partial charge in [0.15, 0.2) is 11.6 Å². The molecule has 1 heterocycles. The van der Waals surface area contributed by atoms with E-state index in [0.717, 1.165) is 25.7 Å². The van der Waals surface area contributed by atoms with Gasteiger partial charge in [-0.25, -0.2) is 9.48 Å². The highest BCUT2D eigenvalue weighted by molar-refractivity contribution is 5.96. The van der Waals surface area contributed by atoms with Crippen LogP contribution in [-0.2, 0) is 9.59 Å². The van der Waals surface area contributed by atoms with E-state index >= 15 is 0 Å². The third kappa shape index (κ3) is 5.31. The lowest BCUT2D eigenvalue weighted by Crippen LogP contribution is -2.45. The SMILES string of the molecule is CC(=O)Nc1ccc(-n2cc(C(=O)O)c(NC(C)(C)C(=O)C3CCC(C)CC3)n2)cc1. The Balaban J connectivity index is 1.82. The van der Waals surface area contributed by atoms with E-state index in [0.29, 0.717) is 17.3 Å². The molecule has 1 saturated carbocycles. The van der Waals surface area contributed by atoms with Crippen molar-refractivity contribution < 1.29 is 19.5 Å². The molecule has 0 saturated heterocycles. The summed E-state index contributed by atoms with van der Waals surface area (Å²) in [5.41, 5.74) is 0.317. The van der Waals surface area contributed by atoms with Gasteiger partial charge in [-0.15, -0.1) is 5.10 Å². The second-order valence-corrected chi connectivity index (χ2v) is 8.94. The van der Waals surface area contributed by atoms with Crippen molar-refractivity contribution in [3.8, 4) is 5.69 Å². The highest BCUT2D eigenvalue weighted by atomic mass is 16.4. The number of carboxylic acids is 1. The van der Waals surface area contributed by atoms with Crippen LogP contribution in [0.1, 0.15) is 63.7 Å². The zero-order valence-corrected chi connectivity index (χ0v) is 18.4. The van der Waals surface area contributed by atoms with Crippen molar-refractivity contribution in [3.63, 3.8) is 0 Å². The molecule has 3 N–H and O–H groups in total. The van der Waals surface area contributed by atoms with E-state index < -0.39 is 11.5 Å². The quantitative estimate of drug-likeness (QED) is 0.614. The number of benzene rings is 1. The molecule has 1 aliphatic carbocycles. The first-order valence-corrected chi connectivity index (χ1v) is 10.6. The molecule has 1 amide bonds. The molecule has 8 heteroatoms. The van der Waals surface area contributed by atoms with E-state index in [1.165, 1.54) is 17.8 Å². The Kier molecular flexibility index (Phi) is 6.48. The van der Waals surface area contributed by atoms with Crippen LogP contribution in [0.3, 0.4) is 0 Å². The lowest BCUT2D eigenvalue weighted by atomic mass is 9.76. The summed E-state index contributed by atoms with van der Waals surface area (Å²) in [6, 6.07) is 6.88. The van der Waals surface area contributed by atoms with Gasteiger partial charge in [0.05, 0.1) is 11.2 Å². The molecule has 2 aromatic rings. The van der Waals surface area contributed by atoms with Gasteiger partial charge in [0, 0.05) is 24.7 Å². The number of anilines is 2. The summed E-state index contributed by atoms with van der Waals surface area (Å²) in [5.74, 6) is -0.433. The summed E-state index contributed by atoms with van der Waals surface area (Å²) in [6.07, 6.45) is 5.23. The van der Waals surface area contributed by atoms with Gasteiger partial charge in [-0.2, -0.15) is 0 Å². The number of Topliss-reactive ketones (excluding diaryl/α,β-unsaturated/α-hetero) is 1. The molecule has 1 fully saturated rings. The van der Waals surface area contributed by atoms with Gasteiger partial charge in [-0.3, -0.25) is 9.59 Å². The Morgan fingerprint density at radius 1 is 1.10 bits per heavy atom. The third-order valence-corrected chi connectivity index (χ3v) is 5.83. The number of amides is 1. The predicted octanol–water partition coefficient (Wildman–Crippen LogP) is 4.11. The van der Waals surface area contributed by atoms with E-state index in [1.807, 2.05) is 0 Å². The topological polar surface area (TPSA) is 113 Å². The van der Waals surface area contributed by atoms with Gasteiger partial charge >= 0.3 is 5.97 Å². The fourth-order valence-corrected chi connectivity index (χ4v) is 4.05. The molecule has 1 aliphatic rings. The van der Waals surface area contributed by atoms with E-state index in [-0.39, 0.29) is 29.0 Å². The van der Waals surface area contributed by atoms with Gasteiger partial charge in [0.1, 0.15) is 5.56 Å². The number of carbonyl (C=O) groups is 3. The maximum atomic E-state index is 13.1. The lowest BCUT2D eigenvalue weighted by Gasteiger charge is -2.33. The maximum Gasteiger partial charge on any atom is 0.341 e. The molecule has 8 nitrogen and oxygen atoms in total. The standard InChI is InChI=1S/C23H30N4O4/c1-14-5-7-16(8-6-14)20(29)23(3,4)25-21-19(22(30)31)13-27(26-21)18-11-9-17(10-12-18)24-15(2)28/h9-14,16H,5-8H2,1-4H3,(H,24,28)(H,25,26)(H,30,31). The van der Waals surface area contributed by atoms with Crippen molar-refractivity contribution in [1.29, 1.82) is 0 Å².